The minimum absolute atomic E-state index is 0.0849. The highest BCUT2D eigenvalue weighted by Gasteiger charge is 2.12. The number of halogens is 1. The normalized spacial score (nSPS) is 9.69. The van der Waals surface area contributed by atoms with Gasteiger partial charge in [-0.1, -0.05) is 76.2 Å². The van der Waals surface area contributed by atoms with Crippen molar-refractivity contribution in [3.63, 3.8) is 0 Å². The fraction of sp³-hybridized carbons (Fsp3) is 0.206. The van der Waals surface area contributed by atoms with E-state index in [4.69, 9.17) is 42.6 Å². The van der Waals surface area contributed by atoms with Crippen molar-refractivity contribution in [1.29, 1.82) is 5.41 Å². The number of nitrogen functional groups attached to an aromatic ring is 1. The number of nitrogens with zero attached hydrogens (tertiary/aromatic N) is 2. The number of aromatic nitrogens is 2. The summed E-state index contributed by atoms with van der Waals surface area (Å²) in [6.07, 6.45) is 1.24. The van der Waals surface area contributed by atoms with Gasteiger partial charge in [0.25, 0.3) is 0 Å². The molecule has 0 aliphatic rings. The summed E-state index contributed by atoms with van der Waals surface area (Å²) in [5.41, 5.74) is 11.8. The largest absolute Gasteiger partial charge is 0.497 e. The lowest BCUT2D eigenvalue weighted by Gasteiger charge is -2.13. The van der Waals surface area contributed by atoms with Gasteiger partial charge in [-0.25, -0.2) is 9.97 Å². The molecule has 0 saturated carbocycles. The van der Waals surface area contributed by atoms with Gasteiger partial charge >= 0.3 is 0 Å². The minimum atomic E-state index is 0.0849. The molecule has 0 radical (unpaired) electrons. The first kappa shape index (κ1) is 33.7. The predicted molar refractivity (Wildman–Crippen MR) is 179 cm³/mol. The number of alkyl halides is 1. The van der Waals surface area contributed by atoms with Gasteiger partial charge in [-0.3, -0.25) is 0 Å². The summed E-state index contributed by atoms with van der Waals surface area (Å²) in [7, 11) is 1.64. The first-order chi connectivity index (χ1) is 20.6. The topological polar surface area (TPSA) is 117 Å². The lowest BCUT2D eigenvalue weighted by molar-refractivity contribution is 0.321. The molecule has 4 aromatic carbocycles. The molecule has 220 valence electrons. The van der Waals surface area contributed by atoms with Crippen LogP contribution >= 0.6 is 11.6 Å². The van der Waals surface area contributed by atoms with Crippen LogP contribution in [0.3, 0.4) is 0 Å². The number of ether oxygens (including phenoxy) is 1. The molecule has 0 aliphatic heterocycles. The summed E-state index contributed by atoms with van der Waals surface area (Å²) in [6, 6.07) is 29.6. The van der Waals surface area contributed by atoms with Crippen molar-refractivity contribution < 1.29 is 9.84 Å². The maximum atomic E-state index is 7.74. The maximum absolute atomic E-state index is 7.74. The van der Waals surface area contributed by atoms with E-state index in [1.165, 1.54) is 6.21 Å². The Morgan fingerprint density at radius 2 is 1.52 bits per heavy atom. The fourth-order valence-corrected chi connectivity index (χ4v) is 3.84. The molecule has 5 rings (SSSR count). The molecule has 0 saturated heterocycles. The molecule has 0 spiro atoms. The van der Waals surface area contributed by atoms with Crippen LogP contribution < -0.4 is 15.8 Å². The minimum Gasteiger partial charge on any atom is -0.497 e. The molecular weight excluding hydrogens is 546 g/mol. The SMILES string of the molecule is CC.CC.COc1ccc2c(Nc3ccc(N)c(C=N)c3)nc(-c3cccc(-c4ccccc4)c3)nc2c1.OCCCl. The average Bonchev–Trinajstić information content (AvgIpc) is 3.07. The number of rotatable bonds is 7. The molecule has 0 amide bonds. The number of methoxy groups -OCH3 is 1. The van der Waals surface area contributed by atoms with Crippen LogP contribution in [0.1, 0.15) is 33.3 Å². The number of benzene rings is 4. The van der Waals surface area contributed by atoms with Crippen molar-refractivity contribution >= 4 is 45.9 Å². The highest BCUT2D eigenvalue weighted by Crippen LogP contribution is 2.32. The number of hydrogen-bond donors (Lipinski definition) is 4. The van der Waals surface area contributed by atoms with Crippen LogP contribution in [0, 0.1) is 5.41 Å². The number of aliphatic hydroxyl groups is 1. The second-order valence-electron chi connectivity index (χ2n) is 8.25. The zero-order chi connectivity index (χ0) is 30.9. The Kier molecular flexibility index (Phi) is 14.5. The lowest BCUT2D eigenvalue weighted by atomic mass is 10.0. The molecule has 42 heavy (non-hydrogen) atoms. The summed E-state index contributed by atoms with van der Waals surface area (Å²) in [4.78, 5) is 9.73. The molecule has 0 atom stereocenters. The Bertz CT molecular complexity index is 1540. The van der Waals surface area contributed by atoms with Gasteiger partial charge in [-0.05, 0) is 47.5 Å². The van der Waals surface area contributed by atoms with Gasteiger partial charge in [-0.2, -0.15) is 0 Å². The Morgan fingerprint density at radius 3 is 2.17 bits per heavy atom. The van der Waals surface area contributed by atoms with Gasteiger partial charge in [0.1, 0.15) is 11.6 Å². The number of fused-ring (bicyclic) bond motifs is 1. The zero-order valence-corrected chi connectivity index (χ0v) is 25.6. The molecular formula is C34H40ClN5O2. The molecule has 1 heterocycles. The molecule has 0 unspecified atom stereocenters. The molecule has 7 nitrogen and oxygen atoms in total. The van der Waals surface area contributed by atoms with E-state index < -0.39 is 0 Å². The van der Waals surface area contributed by atoms with Gasteiger partial charge in [0, 0.05) is 46.0 Å². The summed E-state index contributed by atoms with van der Waals surface area (Å²) < 4.78 is 5.43. The van der Waals surface area contributed by atoms with Crippen LogP contribution in [-0.4, -0.2) is 40.9 Å². The number of nitrogens with one attached hydrogen (secondary N) is 2. The van der Waals surface area contributed by atoms with E-state index >= 15 is 0 Å². The molecule has 0 fully saturated rings. The predicted octanol–water partition coefficient (Wildman–Crippen LogP) is 8.57. The van der Waals surface area contributed by atoms with E-state index in [9.17, 15) is 0 Å². The van der Waals surface area contributed by atoms with Gasteiger partial charge in [0.15, 0.2) is 5.82 Å². The van der Waals surface area contributed by atoms with E-state index in [0.29, 0.717) is 28.8 Å². The van der Waals surface area contributed by atoms with Crippen LogP contribution in [0.2, 0.25) is 0 Å². The van der Waals surface area contributed by atoms with Crippen molar-refractivity contribution in [2.45, 2.75) is 27.7 Å². The third-order valence-electron chi connectivity index (χ3n) is 5.72. The standard InChI is InChI=1S/C28H23N5O.C2H5ClO.2C2H6/c1-34-23-11-12-24-26(16-23)32-27(20-9-5-8-19(14-20)18-6-3-2-4-7-18)33-28(24)31-22-10-13-25(30)21(15-22)17-29;3-1-2-4;2*1-2/h2-17,29H,30H2,1H3,(H,31,32,33);4H,1-2H2;2*1-2H3. The summed E-state index contributed by atoms with van der Waals surface area (Å²) in [5, 5.41) is 19.6. The fourth-order valence-electron chi connectivity index (χ4n) is 3.84. The van der Waals surface area contributed by atoms with Crippen molar-refractivity contribution in [3.8, 4) is 28.3 Å². The highest BCUT2D eigenvalue weighted by molar-refractivity contribution is 6.17. The molecule has 0 bridgehead atoms. The molecule has 5 N–H and O–H groups in total. The van der Waals surface area contributed by atoms with E-state index in [1.807, 2.05) is 88.4 Å². The van der Waals surface area contributed by atoms with Crippen molar-refractivity contribution in [2.75, 3.05) is 30.6 Å². The second kappa shape index (κ2) is 18.1. The van der Waals surface area contributed by atoms with Crippen LogP contribution in [0.4, 0.5) is 17.2 Å². The number of aliphatic hydroxyl groups excluding tert-OH is 1. The Balaban J connectivity index is 0.000000699. The van der Waals surface area contributed by atoms with Crippen molar-refractivity contribution in [1.82, 2.24) is 9.97 Å². The third-order valence-corrected chi connectivity index (χ3v) is 5.89. The Labute approximate surface area is 253 Å². The van der Waals surface area contributed by atoms with Crippen LogP contribution in [0.25, 0.3) is 33.4 Å². The monoisotopic (exact) mass is 585 g/mol. The summed E-state index contributed by atoms with van der Waals surface area (Å²) >= 11 is 4.94. The van der Waals surface area contributed by atoms with E-state index in [1.54, 1.807) is 13.2 Å². The van der Waals surface area contributed by atoms with Crippen LogP contribution in [0.5, 0.6) is 5.75 Å². The van der Waals surface area contributed by atoms with Crippen molar-refractivity contribution in [3.05, 3.63) is 96.6 Å². The third kappa shape index (κ3) is 9.03. The maximum Gasteiger partial charge on any atom is 0.162 e. The molecule has 1 aromatic heterocycles. The van der Waals surface area contributed by atoms with Gasteiger partial charge in [-0.15, -0.1) is 11.6 Å². The Morgan fingerprint density at radius 1 is 0.857 bits per heavy atom. The van der Waals surface area contributed by atoms with Gasteiger partial charge < -0.3 is 26.3 Å². The molecule has 0 aliphatic carbocycles. The number of hydrogen-bond acceptors (Lipinski definition) is 7. The van der Waals surface area contributed by atoms with Crippen LogP contribution in [-0.2, 0) is 0 Å². The summed E-state index contributed by atoms with van der Waals surface area (Å²) in [6.45, 7) is 8.08. The number of nitrogens with two attached hydrogens (primary N) is 1. The first-order valence-corrected chi connectivity index (χ1v) is 14.4. The Hall–Kier alpha value is -4.46. The lowest BCUT2D eigenvalue weighted by Crippen LogP contribution is -2.01. The van der Waals surface area contributed by atoms with Crippen molar-refractivity contribution in [2.24, 2.45) is 0 Å². The average molecular weight is 586 g/mol. The van der Waals surface area contributed by atoms with Gasteiger partial charge in [0.2, 0.25) is 0 Å². The second-order valence-corrected chi connectivity index (χ2v) is 8.63. The van der Waals surface area contributed by atoms with Gasteiger partial charge in [0.05, 0.1) is 19.2 Å². The van der Waals surface area contributed by atoms with E-state index in [0.717, 1.165) is 39.0 Å². The van der Waals surface area contributed by atoms with Crippen LogP contribution in [0.15, 0.2) is 91.0 Å². The summed E-state index contributed by atoms with van der Waals surface area (Å²) in [5.74, 6) is 2.33. The zero-order valence-electron chi connectivity index (χ0n) is 24.9. The quantitative estimate of drug-likeness (QED) is 0.0863. The van der Waals surface area contributed by atoms with E-state index in [-0.39, 0.29) is 6.61 Å². The smallest absolute Gasteiger partial charge is 0.162 e. The molecule has 8 heteroatoms. The first-order valence-electron chi connectivity index (χ1n) is 13.9. The van der Waals surface area contributed by atoms with E-state index in [2.05, 4.69) is 29.6 Å². The number of anilines is 3. The molecule has 5 aromatic rings. The highest BCUT2D eigenvalue weighted by atomic mass is 35.5.